The van der Waals surface area contributed by atoms with Crippen LogP contribution in [0.25, 0.3) is 0 Å². The van der Waals surface area contributed by atoms with Gasteiger partial charge in [-0.15, -0.1) is 0 Å². The van der Waals surface area contributed by atoms with Crippen LogP contribution in [0.3, 0.4) is 0 Å². The highest BCUT2D eigenvalue weighted by atomic mass is 16.3. The van der Waals surface area contributed by atoms with Crippen LogP contribution in [0.1, 0.15) is 46.0 Å². The van der Waals surface area contributed by atoms with Crippen LogP contribution < -0.4 is 5.32 Å². The second kappa shape index (κ2) is 7.86. The van der Waals surface area contributed by atoms with Crippen LogP contribution in [0.5, 0.6) is 0 Å². The van der Waals surface area contributed by atoms with Gasteiger partial charge in [-0.3, -0.25) is 0 Å². The number of aliphatic hydroxyl groups is 1. The van der Waals surface area contributed by atoms with E-state index in [2.05, 4.69) is 31.3 Å². The fourth-order valence-corrected chi connectivity index (χ4v) is 2.48. The molecule has 0 heterocycles. The standard InChI is InChI=1S/C14H27NO/c1-3-13(4-2)14(16)11-15-10-12-8-6-5-7-9-12/h5-6,12-16H,3-4,7-11H2,1-2H3. The Morgan fingerprint density at radius 3 is 2.62 bits per heavy atom. The third-order valence-electron chi connectivity index (χ3n) is 3.76. The number of hydrogen-bond donors (Lipinski definition) is 2. The van der Waals surface area contributed by atoms with Crippen LogP contribution >= 0.6 is 0 Å². The van der Waals surface area contributed by atoms with Crippen molar-refractivity contribution in [3.8, 4) is 0 Å². The summed E-state index contributed by atoms with van der Waals surface area (Å²) in [4.78, 5) is 0. The lowest BCUT2D eigenvalue weighted by Gasteiger charge is -2.23. The zero-order valence-electron chi connectivity index (χ0n) is 10.8. The normalized spacial score (nSPS) is 22.6. The minimum Gasteiger partial charge on any atom is -0.392 e. The molecule has 0 amide bonds. The van der Waals surface area contributed by atoms with Gasteiger partial charge in [0.25, 0.3) is 0 Å². The quantitative estimate of drug-likeness (QED) is 0.653. The van der Waals surface area contributed by atoms with Crippen molar-refractivity contribution < 1.29 is 5.11 Å². The van der Waals surface area contributed by atoms with Crippen LogP contribution in [0, 0.1) is 11.8 Å². The molecule has 0 aliphatic heterocycles. The summed E-state index contributed by atoms with van der Waals surface area (Å²) in [6.45, 7) is 6.13. The average Bonchev–Trinajstić information content (AvgIpc) is 2.32. The van der Waals surface area contributed by atoms with Crippen LogP contribution in [-0.2, 0) is 0 Å². The van der Waals surface area contributed by atoms with Crippen molar-refractivity contribution in [3.05, 3.63) is 12.2 Å². The van der Waals surface area contributed by atoms with Crippen molar-refractivity contribution in [2.75, 3.05) is 13.1 Å². The fraction of sp³-hybridized carbons (Fsp3) is 0.857. The minimum atomic E-state index is -0.172. The van der Waals surface area contributed by atoms with E-state index in [9.17, 15) is 5.11 Å². The Morgan fingerprint density at radius 1 is 1.31 bits per heavy atom. The molecule has 0 aromatic carbocycles. The SMILES string of the molecule is CCC(CC)C(O)CNCC1CC=CCC1. The average molecular weight is 225 g/mol. The van der Waals surface area contributed by atoms with Gasteiger partial charge in [-0.2, -0.15) is 0 Å². The maximum atomic E-state index is 9.96. The second-order valence-electron chi connectivity index (χ2n) is 4.95. The molecule has 0 spiro atoms. The van der Waals surface area contributed by atoms with E-state index in [0.29, 0.717) is 5.92 Å². The molecule has 0 radical (unpaired) electrons. The summed E-state index contributed by atoms with van der Waals surface area (Å²) in [6, 6.07) is 0. The summed E-state index contributed by atoms with van der Waals surface area (Å²) < 4.78 is 0. The number of aliphatic hydroxyl groups excluding tert-OH is 1. The lowest BCUT2D eigenvalue weighted by Crippen LogP contribution is -2.35. The molecule has 0 bridgehead atoms. The maximum absolute atomic E-state index is 9.96. The van der Waals surface area contributed by atoms with Crippen LogP contribution in [0.2, 0.25) is 0 Å². The summed E-state index contributed by atoms with van der Waals surface area (Å²) >= 11 is 0. The van der Waals surface area contributed by atoms with Gasteiger partial charge in [-0.05, 0) is 37.6 Å². The maximum Gasteiger partial charge on any atom is 0.0692 e. The molecule has 2 atom stereocenters. The molecule has 0 aromatic rings. The molecule has 16 heavy (non-hydrogen) atoms. The van der Waals surface area contributed by atoms with E-state index in [0.717, 1.165) is 31.8 Å². The molecule has 2 unspecified atom stereocenters. The van der Waals surface area contributed by atoms with E-state index in [-0.39, 0.29) is 6.10 Å². The zero-order valence-corrected chi connectivity index (χ0v) is 10.8. The van der Waals surface area contributed by atoms with Crippen molar-refractivity contribution >= 4 is 0 Å². The van der Waals surface area contributed by atoms with Gasteiger partial charge in [0.1, 0.15) is 0 Å². The predicted octanol–water partition coefficient (Wildman–Crippen LogP) is 2.73. The lowest BCUT2D eigenvalue weighted by molar-refractivity contribution is 0.100. The Balaban J connectivity index is 2.11. The van der Waals surface area contributed by atoms with E-state index in [1.54, 1.807) is 0 Å². The van der Waals surface area contributed by atoms with Gasteiger partial charge in [-0.1, -0.05) is 38.8 Å². The first-order chi connectivity index (χ1) is 7.77. The topological polar surface area (TPSA) is 32.3 Å². The van der Waals surface area contributed by atoms with Gasteiger partial charge in [0, 0.05) is 6.54 Å². The molecule has 0 saturated heterocycles. The van der Waals surface area contributed by atoms with Gasteiger partial charge in [0.05, 0.1) is 6.10 Å². The summed E-state index contributed by atoms with van der Waals surface area (Å²) in [6.07, 6.45) is 10.3. The lowest BCUT2D eigenvalue weighted by atomic mass is 9.93. The second-order valence-corrected chi connectivity index (χ2v) is 4.95. The van der Waals surface area contributed by atoms with Crippen molar-refractivity contribution in [1.29, 1.82) is 0 Å². The van der Waals surface area contributed by atoms with E-state index < -0.39 is 0 Å². The van der Waals surface area contributed by atoms with Gasteiger partial charge in [0.15, 0.2) is 0 Å². The minimum absolute atomic E-state index is 0.172. The van der Waals surface area contributed by atoms with Crippen LogP contribution in [0.15, 0.2) is 12.2 Å². The summed E-state index contributed by atoms with van der Waals surface area (Å²) in [5.41, 5.74) is 0. The highest BCUT2D eigenvalue weighted by molar-refractivity contribution is 4.90. The van der Waals surface area contributed by atoms with Crippen molar-refractivity contribution in [2.45, 2.75) is 52.1 Å². The van der Waals surface area contributed by atoms with Crippen LogP contribution in [0.4, 0.5) is 0 Å². The summed E-state index contributed by atoms with van der Waals surface area (Å²) in [5.74, 6) is 1.23. The Labute approximate surface area is 100 Å². The molecular formula is C14H27NO. The molecular weight excluding hydrogens is 198 g/mol. The van der Waals surface area contributed by atoms with Gasteiger partial charge in [0.2, 0.25) is 0 Å². The van der Waals surface area contributed by atoms with E-state index in [1.165, 1.54) is 19.3 Å². The molecule has 0 aromatic heterocycles. The Bertz CT molecular complexity index is 199. The van der Waals surface area contributed by atoms with E-state index in [4.69, 9.17) is 0 Å². The largest absolute Gasteiger partial charge is 0.392 e. The molecule has 1 rings (SSSR count). The number of nitrogens with one attached hydrogen (secondary N) is 1. The van der Waals surface area contributed by atoms with Gasteiger partial charge >= 0.3 is 0 Å². The van der Waals surface area contributed by atoms with Crippen molar-refractivity contribution in [3.63, 3.8) is 0 Å². The summed E-state index contributed by atoms with van der Waals surface area (Å²) in [5, 5.41) is 13.4. The van der Waals surface area contributed by atoms with Gasteiger partial charge in [-0.25, -0.2) is 0 Å². The highest BCUT2D eigenvalue weighted by Gasteiger charge is 2.16. The highest BCUT2D eigenvalue weighted by Crippen LogP contribution is 2.17. The first-order valence-corrected chi connectivity index (χ1v) is 6.81. The first-order valence-electron chi connectivity index (χ1n) is 6.81. The molecule has 1 aliphatic carbocycles. The predicted molar refractivity (Wildman–Crippen MR) is 69.4 cm³/mol. The molecule has 1 aliphatic rings. The van der Waals surface area contributed by atoms with Crippen LogP contribution in [-0.4, -0.2) is 24.3 Å². The fourth-order valence-electron chi connectivity index (χ4n) is 2.48. The van der Waals surface area contributed by atoms with Crippen molar-refractivity contribution in [1.82, 2.24) is 5.32 Å². The third kappa shape index (κ3) is 4.67. The Kier molecular flexibility index (Phi) is 6.74. The summed E-state index contributed by atoms with van der Waals surface area (Å²) in [7, 11) is 0. The molecule has 94 valence electrons. The zero-order chi connectivity index (χ0) is 11.8. The van der Waals surface area contributed by atoms with E-state index >= 15 is 0 Å². The number of rotatable bonds is 7. The number of hydrogen-bond acceptors (Lipinski definition) is 2. The molecule has 0 fully saturated rings. The van der Waals surface area contributed by atoms with Gasteiger partial charge < -0.3 is 10.4 Å². The molecule has 2 N–H and O–H groups in total. The third-order valence-corrected chi connectivity index (χ3v) is 3.76. The Morgan fingerprint density at radius 2 is 2.06 bits per heavy atom. The first kappa shape index (κ1) is 13.7. The van der Waals surface area contributed by atoms with E-state index in [1.807, 2.05) is 0 Å². The number of allylic oxidation sites excluding steroid dienone is 2. The Hall–Kier alpha value is -0.340. The smallest absolute Gasteiger partial charge is 0.0692 e. The molecule has 0 saturated carbocycles. The monoisotopic (exact) mass is 225 g/mol. The molecule has 2 nitrogen and oxygen atoms in total. The molecule has 2 heteroatoms. The van der Waals surface area contributed by atoms with Crippen molar-refractivity contribution in [2.24, 2.45) is 11.8 Å².